The maximum atomic E-state index is 12.3. The fourth-order valence-corrected chi connectivity index (χ4v) is 3.91. The van der Waals surface area contributed by atoms with Gasteiger partial charge >= 0.3 is 0 Å². The number of hydrogen-bond donors (Lipinski definition) is 1. The summed E-state index contributed by atoms with van der Waals surface area (Å²) in [6, 6.07) is 8.98. The van der Waals surface area contributed by atoms with Gasteiger partial charge in [-0.1, -0.05) is 12.1 Å². The number of benzene rings is 1. The Morgan fingerprint density at radius 1 is 1.16 bits per heavy atom. The number of amides is 1. The largest absolute Gasteiger partial charge is 0.381 e. The number of nitrogens with one attached hydrogen (secondary N) is 1. The van der Waals surface area contributed by atoms with Crippen LogP contribution in [0.25, 0.3) is 0 Å². The third-order valence-electron chi connectivity index (χ3n) is 5.48. The zero-order valence-electron chi connectivity index (χ0n) is 15.5. The molecule has 0 bridgehead atoms. The van der Waals surface area contributed by atoms with Crippen LogP contribution in [-0.2, 0) is 9.53 Å². The summed E-state index contributed by atoms with van der Waals surface area (Å²) in [4.78, 5) is 17.0. The molecule has 1 N–H and O–H groups in total. The molecule has 1 amide bonds. The molecule has 1 aromatic carbocycles. The summed E-state index contributed by atoms with van der Waals surface area (Å²) in [5.41, 5.74) is 2.58. The summed E-state index contributed by atoms with van der Waals surface area (Å²) in [6.45, 7) is 6.50. The van der Waals surface area contributed by atoms with Gasteiger partial charge in [0.25, 0.3) is 0 Å². The molecule has 0 aromatic heterocycles. The molecule has 5 nitrogen and oxygen atoms in total. The summed E-state index contributed by atoms with van der Waals surface area (Å²) < 4.78 is 5.39. The second-order valence-corrected chi connectivity index (χ2v) is 7.38. The zero-order chi connectivity index (χ0) is 17.6. The molecule has 1 aliphatic carbocycles. The van der Waals surface area contributed by atoms with Gasteiger partial charge in [0.2, 0.25) is 5.91 Å². The molecule has 2 aliphatic rings. The number of carbonyl (C=O) groups is 1. The van der Waals surface area contributed by atoms with Crippen molar-refractivity contribution in [2.24, 2.45) is 0 Å². The lowest BCUT2D eigenvalue weighted by Crippen LogP contribution is -2.51. The van der Waals surface area contributed by atoms with Gasteiger partial charge in [-0.3, -0.25) is 9.69 Å². The van der Waals surface area contributed by atoms with Crippen LogP contribution in [0.15, 0.2) is 24.3 Å². The molecule has 1 heterocycles. The van der Waals surface area contributed by atoms with Crippen molar-refractivity contribution >= 4 is 11.6 Å². The van der Waals surface area contributed by atoms with Crippen LogP contribution in [0, 0.1) is 6.92 Å². The Kier molecular flexibility index (Phi) is 6.32. The van der Waals surface area contributed by atoms with Crippen molar-refractivity contribution < 1.29 is 9.53 Å². The van der Waals surface area contributed by atoms with Gasteiger partial charge in [0, 0.05) is 45.0 Å². The van der Waals surface area contributed by atoms with Gasteiger partial charge in [0.1, 0.15) is 0 Å². The van der Waals surface area contributed by atoms with Crippen LogP contribution in [0.3, 0.4) is 0 Å². The van der Waals surface area contributed by atoms with Gasteiger partial charge < -0.3 is 15.0 Å². The van der Waals surface area contributed by atoms with Crippen molar-refractivity contribution in [3.63, 3.8) is 0 Å². The van der Waals surface area contributed by atoms with Crippen LogP contribution in [0.4, 0.5) is 5.69 Å². The monoisotopic (exact) mass is 345 g/mol. The molecule has 0 spiro atoms. The Balaban J connectivity index is 1.39. The van der Waals surface area contributed by atoms with Crippen LogP contribution in [0.1, 0.15) is 31.2 Å². The number of methoxy groups -OCH3 is 1. The van der Waals surface area contributed by atoms with E-state index in [9.17, 15) is 4.79 Å². The Hall–Kier alpha value is -1.59. The van der Waals surface area contributed by atoms with Crippen molar-refractivity contribution in [1.29, 1.82) is 0 Å². The van der Waals surface area contributed by atoms with E-state index in [-0.39, 0.29) is 5.91 Å². The molecule has 1 aromatic rings. The standard InChI is InChI=1S/C20H31N3O2/c1-16-4-3-5-18(14-16)23-12-10-22(11-13-23)15-20(24)21-17-6-8-19(25-2)9-7-17/h3-5,14,17,19H,6-13,15H2,1-2H3,(H,21,24). The molecule has 5 heteroatoms. The summed E-state index contributed by atoms with van der Waals surface area (Å²) in [6.07, 6.45) is 4.55. The van der Waals surface area contributed by atoms with E-state index in [4.69, 9.17) is 4.74 Å². The molecule has 0 unspecified atom stereocenters. The van der Waals surface area contributed by atoms with Crippen LogP contribution in [0.2, 0.25) is 0 Å². The molecule has 0 radical (unpaired) electrons. The number of piperazine rings is 1. The first-order chi connectivity index (χ1) is 12.1. The van der Waals surface area contributed by atoms with E-state index in [2.05, 4.69) is 46.3 Å². The minimum Gasteiger partial charge on any atom is -0.381 e. The topological polar surface area (TPSA) is 44.8 Å². The van der Waals surface area contributed by atoms with E-state index in [1.54, 1.807) is 7.11 Å². The molecule has 25 heavy (non-hydrogen) atoms. The van der Waals surface area contributed by atoms with E-state index in [0.29, 0.717) is 18.7 Å². The van der Waals surface area contributed by atoms with Crippen molar-refractivity contribution in [2.75, 3.05) is 44.7 Å². The Morgan fingerprint density at radius 2 is 1.88 bits per heavy atom. The first-order valence-electron chi connectivity index (χ1n) is 9.50. The van der Waals surface area contributed by atoms with Gasteiger partial charge in [-0.15, -0.1) is 0 Å². The minimum atomic E-state index is 0.171. The van der Waals surface area contributed by atoms with Crippen molar-refractivity contribution in [2.45, 2.75) is 44.8 Å². The molecule has 1 saturated heterocycles. The first-order valence-corrected chi connectivity index (χ1v) is 9.50. The lowest BCUT2D eigenvalue weighted by atomic mass is 9.93. The van der Waals surface area contributed by atoms with Gasteiger partial charge in [-0.25, -0.2) is 0 Å². The number of ether oxygens (including phenoxy) is 1. The second kappa shape index (κ2) is 8.68. The van der Waals surface area contributed by atoms with Crippen molar-refractivity contribution in [3.8, 4) is 0 Å². The fraction of sp³-hybridized carbons (Fsp3) is 0.650. The van der Waals surface area contributed by atoms with E-state index in [0.717, 1.165) is 51.9 Å². The smallest absolute Gasteiger partial charge is 0.234 e. The minimum absolute atomic E-state index is 0.171. The molecule has 1 aliphatic heterocycles. The fourth-order valence-electron chi connectivity index (χ4n) is 3.91. The van der Waals surface area contributed by atoms with E-state index in [1.807, 2.05) is 0 Å². The van der Waals surface area contributed by atoms with Crippen LogP contribution in [0.5, 0.6) is 0 Å². The first kappa shape index (κ1) is 18.2. The highest BCUT2D eigenvalue weighted by Gasteiger charge is 2.24. The maximum Gasteiger partial charge on any atom is 0.234 e. The lowest BCUT2D eigenvalue weighted by molar-refractivity contribution is -0.123. The van der Waals surface area contributed by atoms with Crippen LogP contribution in [-0.4, -0.2) is 62.8 Å². The van der Waals surface area contributed by atoms with Crippen LogP contribution < -0.4 is 10.2 Å². The Bertz CT molecular complexity index is 562. The van der Waals surface area contributed by atoms with Gasteiger partial charge in [0.05, 0.1) is 12.6 Å². The van der Waals surface area contributed by atoms with E-state index in [1.165, 1.54) is 11.3 Å². The number of anilines is 1. The highest BCUT2D eigenvalue weighted by molar-refractivity contribution is 5.78. The van der Waals surface area contributed by atoms with E-state index >= 15 is 0 Å². The molecule has 138 valence electrons. The maximum absolute atomic E-state index is 12.3. The van der Waals surface area contributed by atoms with E-state index < -0.39 is 0 Å². The third kappa shape index (κ3) is 5.19. The number of nitrogens with zero attached hydrogens (tertiary/aromatic N) is 2. The summed E-state index contributed by atoms with van der Waals surface area (Å²) in [5.74, 6) is 0.171. The zero-order valence-corrected chi connectivity index (χ0v) is 15.5. The van der Waals surface area contributed by atoms with Crippen molar-refractivity contribution in [3.05, 3.63) is 29.8 Å². The highest BCUT2D eigenvalue weighted by atomic mass is 16.5. The quantitative estimate of drug-likeness (QED) is 0.889. The number of rotatable bonds is 5. The number of aryl methyl sites for hydroxylation is 1. The second-order valence-electron chi connectivity index (χ2n) is 7.38. The third-order valence-corrected chi connectivity index (χ3v) is 5.48. The SMILES string of the molecule is COC1CCC(NC(=O)CN2CCN(c3cccc(C)c3)CC2)CC1. The molecule has 1 saturated carbocycles. The number of hydrogen-bond acceptors (Lipinski definition) is 4. The summed E-state index contributed by atoms with van der Waals surface area (Å²) in [7, 11) is 1.78. The van der Waals surface area contributed by atoms with Gasteiger partial charge in [-0.05, 0) is 50.3 Å². The van der Waals surface area contributed by atoms with Crippen LogP contribution >= 0.6 is 0 Å². The summed E-state index contributed by atoms with van der Waals surface area (Å²) in [5, 5.41) is 3.21. The Labute approximate surface area is 151 Å². The lowest BCUT2D eigenvalue weighted by Gasteiger charge is -2.36. The molecular formula is C20H31N3O2. The Morgan fingerprint density at radius 3 is 2.52 bits per heavy atom. The van der Waals surface area contributed by atoms with Gasteiger partial charge in [0.15, 0.2) is 0 Å². The molecule has 2 fully saturated rings. The molecule has 0 atom stereocenters. The predicted molar refractivity (Wildman–Crippen MR) is 101 cm³/mol. The normalized spacial score (nSPS) is 25.0. The average Bonchev–Trinajstić information content (AvgIpc) is 2.63. The summed E-state index contributed by atoms with van der Waals surface area (Å²) >= 11 is 0. The molecular weight excluding hydrogens is 314 g/mol. The molecule has 3 rings (SSSR count). The van der Waals surface area contributed by atoms with Gasteiger partial charge in [-0.2, -0.15) is 0 Å². The number of carbonyl (C=O) groups excluding carboxylic acids is 1. The predicted octanol–water partition coefficient (Wildman–Crippen LogP) is 2.19. The highest BCUT2D eigenvalue weighted by Crippen LogP contribution is 2.21. The average molecular weight is 345 g/mol. The van der Waals surface area contributed by atoms with Crippen molar-refractivity contribution in [1.82, 2.24) is 10.2 Å².